The molecule has 0 saturated carbocycles. The van der Waals surface area contributed by atoms with Gasteiger partial charge in [-0.2, -0.15) is 4.98 Å². The number of anilines is 2. The lowest BCUT2D eigenvalue weighted by Gasteiger charge is -2.08. The fourth-order valence-corrected chi connectivity index (χ4v) is 1.54. The third kappa shape index (κ3) is 1.82. The molecule has 0 unspecified atom stereocenters. The number of nitrogen functional groups attached to an aromatic ring is 2. The smallest absolute Gasteiger partial charge is 0.222 e. The third-order valence-electron chi connectivity index (χ3n) is 2.53. The lowest BCUT2D eigenvalue weighted by Crippen LogP contribution is -2.04. The van der Waals surface area contributed by atoms with Gasteiger partial charge in [-0.25, -0.2) is 4.98 Å². The standard InChI is InChI=1S/C12H14N4/c1-7-3-5-9(6-4-7)10-8(2)11(13)16-12(14)15-10/h3-6H,1-2H3,(H4,13,14,15,16). The van der Waals surface area contributed by atoms with E-state index in [1.54, 1.807) is 0 Å². The van der Waals surface area contributed by atoms with Gasteiger partial charge in [0.2, 0.25) is 5.95 Å². The van der Waals surface area contributed by atoms with Crippen molar-refractivity contribution in [3.05, 3.63) is 35.4 Å². The minimum Gasteiger partial charge on any atom is -0.383 e. The van der Waals surface area contributed by atoms with Crippen molar-refractivity contribution in [1.29, 1.82) is 0 Å². The van der Waals surface area contributed by atoms with Crippen molar-refractivity contribution in [1.82, 2.24) is 9.97 Å². The van der Waals surface area contributed by atoms with E-state index in [1.807, 2.05) is 38.1 Å². The van der Waals surface area contributed by atoms with E-state index in [-0.39, 0.29) is 5.95 Å². The summed E-state index contributed by atoms with van der Waals surface area (Å²) in [5.41, 5.74) is 15.2. The van der Waals surface area contributed by atoms with E-state index in [0.717, 1.165) is 16.8 Å². The van der Waals surface area contributed by atoms with Crippen LogP contribution in [0.25, 0.3) is 11.3 Å². The van der Waals surface area contributed by atoms with E-state index in [0.29, 0.717) is 5.82 Å². The first-order chi connectivity index (χ1) is 7.58. The average Bonchev–Trinajstić information content (AvgIpc) is 2.25. The van der Waals surface area contributed by atoms with Crippen molar-refractivity contribution < 1.29 is 0 Å². The SMILES string of the molecule is Cc1ccc(-c2nc(N)nc(N)c2C)cc1. The molecule has 2 rings (SSSR count). The minimum absolute atomic E-state index is 0.207. The molecule has 4 N–H and O–H groups in total. The molecule has 0 spiro atoms. The highest BCUT2D eigenvalue weighted by Gasteiger charge is 2.08. The second kappa shape index (κ2) is 3.81. The Hall–Kier alpha value is -2.10. The van der Waals surface area contributed by atoms with Crippen LogP contribution in [0.2, 0.25) is 0 Å². The van der Waals surface area contributed by atoms with Crippen LogP contribution in [0.5, 0.6) is 0 Å². The molecule has 1 aromatic heterocycles. The molecule has 0 saturated heterocycles. The topological polar surface area (TPSA) is 77.8 Å². The monoisotopic (exact) mass is 214 g/mol. The Morgan fingerprint density at radius 1 is 0.938 bits per heavy atom. The molecule has 1 aromatic carbocycles. The summed E-state index contributed by atoms with van der Waals surface area (Å²) in [6.45, 7) is 3.93. The van der Waals surface area contributed by atoms with E-state index < -0.39 is 0 Å². The van der Waals surface area contributed by atoms with Crippen LogP contribution in [0, 0.1) is 13.8 Å². The van der Waals surface area contributed by atoms with E-state index in [9.17, 15) is 0 Å². The maximum Gasteiger partial charge on any atom is 0.222 e. The zero-order valence-corrected chi connectivity index (χ0v) is 9.36. The van der Waals surface area contributed by atoms with Gasteiger partial charge in [-0.3, -0.25) is 0 Å². The van der Waals surface area contributed by atoms with Crippen molar-refractivity contribution in [3.8, 4) is 11.3 Å². The van der Waals surface area contributed by atoms with Gasteiger partial charge < -0.3 is 11.5 Å². The average molecular weight is 214 g/mol. The largest absolute Gasteiger partial charge is 0.383 e. The summed E-state index contributed by atoms with van der Waals surface area (Å²) in [5, 5.41) is 0. The zero-order valence-electron chi connectivity index (χ0n) is 9.36. The molecule has 4 nitrogen and oxygen atoms in total. The molecule has 4 heteroatoms. The summed E-state index contributed by atoms with van der Waals surface area (Å²) in [5.74, 6) is 0.641. The van der Waals surface area contributed by atoms with E-state index in [2.05, 4.69) is 9.97 Å². The molecule has 0 radical (unpaired) electrons. The molecule has 1 heterocycles. The zero-order chi connectivity index (χ0) is 11.7. The molecule has 0 bridgehead atoms. The van der Waals surface area contributed by atoms with Crippen LogP contribution in [0.4, 0.5) is 11.8 Å². The van der Waals surface area contributed by atoms with Gasteiger partial charge in [0.25, 0.3) is 0 Å². The molecule has 0 fully saturated rings. The number of rotatable bonds is 1. The van der Waals surface area contributed by atoms with Crippen molar-refractivity contribution in [3.63, 3.8) is 0 Å². The predicted molar refractivity (Wildman–Crippen MR) is 65.8 cm³/mol. The van der Waals surface area contributed by atoms with Gasteiger partial charge in [0.1, 0.15) is 5.82 Å². The number of aryl methyl sites for hydroxylation is 1. The summed E-state index contributed by atoms with van der Waals surface area (Å²) >= 11 is 0. The molecule has 2 aromatic rings. The summed E-state index contributed by atoms with van der Waals surface area (Å²) in [6, 6.07) is 8.07. The quantitative estimate of drug-likeness (QED) is 0.760. The van der Waals surface area contributed by atoms with Crippen molar-refractivity contribution >= 4 is 11.8 Å². The molecular weight excluding hydrogens is 200 g/mol. The van der Waals surface area contributed by atoms with Crippen molar-refractivity contribution in [2.45, 2.75) is 13.8 Å². The first-order valence-electron chi connectivity index (χ1n) is 5.04. The number of nitrogens with two attached hydrogens (primary N) is 2. The highest BCUT2D eigenvalue weighted by molar-refractivity contribution is 5.68. The van der Waals surface area contributed by atoms with Crippen LogP contribution < -0.4 is 11.5 Å². The van der Waals surface area contributed by atoms with Gasteiger partial charge in [-0.05, 0) is 13.8 Å². The predicted octanol–water partition coefficient (Wildman–Crippen LogP) is 1.92. The lowest BCUT2D eigenvalue weighted by atomic mass is 10.1. The number of hydrogen-bond acceptors (Lipinski definition) is 4. The summed E-state index contributed by atoms with van der Waals surface area (Å²) in [7, 11) is 0. The normalized spacial score (nSPS) is 10.4. The fraction of sp³-hybridized carbons (Fsp3) is 0.167. The van der Waals surface area contributed by atoms with Crippen LogP contribution in [0.15, 0.2) is 24.3 Å². The fourth-order valence-electron chi connectivity index (χ4n) is 1.54. The molecule has 0 aliphatic carbocycles. The maximum atomic E-state index is 5.76. The van der Waals surface area contributed by atoms with Gasteiger partial charge in [0.05, 0.1) is 5.69 Å². The number of benzene rings is 1. The maximum absolute atomic E-state index is 5.76. The van der Waals surface area contributed by atoms with Crippen molar-refractivity contribution in [2.75, 3.05) is 11.5 Å². The highest BCUT2D eigenvalue weighted by atomic mass is 15.0. The minimum atomic E-state index is 0.207. The molecule has 0 aliphatic rings. The first-order valence-corrected chi connectivity index (χ1v) is 5.04. The van der Waals surface area contributed by atoms with E-state index in [1.165, 1.54) is 5.56 Å². The Morgan fingerprint density at radius 2 is 1.56 bits per heavy atom. The van der Waals surface area contributed by atoms with E-state index >= 15 is 0 Å². The number of aromatic nitrogens is 2. The Bertz CT molecular complexity index is 517. The molecule has 0 atom stereocenters. The van der Waals surface area contributed by atoms with Gasteiger partial charge in [0.15, 0.2) is 0 Å². The highest BCUT2D eigenvalue weighted by Crippen LogP contribution is 2.24. The van der Waals surface area contributed by atoms with Gasteiger partial charge >= 0.3 is 0 Å². The Labute approximate surface area is 94.3 Å². The lowest BCUT2D eigenvalue weighted by molar-refractivity contribution is 1.16. The van der Waals surface area contributed by atoms with Gasteiger partial charge in [-0.15, -0.1) is 0 Å². The van der Waals surface area contributed by atoms with Crippen LogP contribution in [-0.4, -0.2) is 9.97 Å². The van der Waals surface area contributed by atoms with Crippen molar-refractivity contribution in [2.24, 2.45) is 0 Å². The van der Waals surface area contributed by atoms with Crippen LogP contribution >= 0.6 is 0 Å². The number of nitrogens with zero attached hydrogens (tertiary/aromatic N) is 2. The summed E-state index contributed by atoms with van der Waals surface area (Å²) in [6.07, 6.45) is 0. The Kier molecular flexibility index (Phi) is 2.48. The second-order valence-electron chi connectivity index (χ2n) is 3.81. The summed E-state index contributed by atoms with van der Waals surface area (Å²) in [4.78, 5) is 8.14. The third-order valence-corrected chi connectivity index (χ3v) is 2.53. The van der Waals surface area contributed by atoms with Gasteiger partial charge in [0, 0.05) is 11.1 Å². The molecule has 16 heavy (non-hydrogen) atoms. The van der Waals surface area contributed by atoms with E-state index in [4.69, 9.17) is 11.5 Å². The van der Waals surface area contributed by atoms with Crippen LogP contribution in [0.1, 0.15) is 11.1 Å². The molecule has 0 amide bonds. The Balaban J connectivity index is 2.59. The Morgan fingerprint density at radius 3 is 2.19 bits per heavy atom. The summed E-state index contributed by atoms with van der Waals surface area (Å²) < 4.78 is 0. The van der Waals surface area contributed by atoms with Crippen LogP contribution in [0.3, 0.4) is 0 Å². The van der Waals surface area contributed by atoms with Crippen LogP contribution in [-0.2, 0) is 0 Å². The first kappa shape index (κ1) is 10.4. The van der Waals surface area contributed by atoms with Gasteiger partial charge in [-0.1, -0.05) is 29.8 Å². The molecular formula is C12H14N4. The number of hydrogen-bond donors (Lipinski definition) is 2. The molecule has 82 valence electrons. The molecule has 0 aliphatic heterocycles. The second-order valence-corrected chi connectivity index (χ2v) is 3.81.